The van der Waals surface area contributed by atoms with Crippen molar-refractivity contribution in [3.63, 3.8) is 0 Å². The van der Waals surface area contributed by atoms with Gasteiger partial charge in [-0.2, -0.15) is 0 Å². The average molecular weight is 265 g/mol. The number of hydrogen-bond acceptors (Lipinski definition) is 2. The predicted octanol–water partition coefficient (Wildman–Crippen LogP) is 3.23. The van der Waals surface area contributed by atoms with Crippen molar-refractivity contribution >= 4 is 11.6 Å². The zero-order valence-electron chi connectivity index (χ0n) is 9.74. The lowest BCUT2D eigenvalue weighted by molar-refractivity contribution is 0.551. The van der Waals surface area contributed by atoms with Crippen molar-refractivity contribution in [3.05, 3.63) is 70.5 Å². The number of nitrogens with two attached hydrogens (primary N) is 1. The first-order valence-electron chi connectivity index (χ1n) is 5.65. The molecule has 94 valence electrons. The second-order valence-electron chi connectivity index (χ2n) is 4.08. The molecule has 2 rings (SSSR count). The smallest absolute Gasteiger partial charge is 0.141 e. The Morgan fingerprint density at radius 3 is 2.50 bits per heavy atom. The van der Waals surface area contributed by atoms with Gasteiger partial charge in [0.1, 0.15) is 5.82 Å². The summed E-state index contributed by atoms with van der Waals surface area (Å²) in [4.78, 5) is 0. The maximum Gasteiger partial charge on any atom is 0.141 e. The fourth-order valence-electron chi connectivity index (χ4n) is 1.86. The summed E-state index contributed by atoms with van der Waals surface area (Å²) in [5, 5.41) is 0.135. The van der Waals surface area contributed by atoms with Gasteiger partial charge in [0.15, 0.2) is 0 Å². The summed E-state index contributed by atoms with van der Waals surface area (Å²) in [7, 11) is 0. The lowest BCUT2D eigenvalue weighted by atomic mass is 9.99. The van der Waals surface area contributed by atoms with E-state index in [1.165, 1.54) is 6.07 Å². The third-order valence-electron chi connectivity index (χ3n) is 2.83. The molecule has 0 amide bonds. The number of hydrazine groups is 1. The van der Waals surface area contributed by atoms with Crippen LogP contribution in [0.3, 0.4) is 0 Å². The highest BCUT2D eigenvalue weighted by Gasteiger charge is 2.11. The Morgan fingerprint density at radius 1 is 1.17 bits per heavy atom. The molecular weight excluding hydrogens is 251 g/mol. The fraction of sp³-hybridized carbons (Fsp3) is 0.143. The molecule has 0 aliphatic rings. The minimum atomic E-state index is -0.405. The molecule has 0 fully saturated rings. The van der Waals surface area contributed by atoms with Crippen LogP contribution in [0, 0.1) is 5.82 Å². The highest BCUT2D eigenvalue weighted by atomic mass is 35.5. The number of rotatable bonds is 4. The quantitative estimate of drug-likeness (QED) is 0.657. The van der Waals surface area contributed by atoms with Crippen LogP contribution >= 0.6 is 11.6 Å². The highest BCUT2D eigenvalue weighted by Crippen LogP contribution is 2.21. The molecule has 4 heteroatoms. The Kier molecular flexibility index (Phi) is 4.31. The number of nitrogens with one attached hydrogen (secondary N) is 1. The summed E-state index contributed by atoms with van der Waals surface area (Å²) in [6, 6.07) is 14.5. The molecule has 3 N–H and O–H groups in total. The van der Waals surface area contributed by atoms with Crippen molar-refractivity contribution in [1.82, 2.24) is 5.43 Å². The Balaban J connectivity index is 2.18. The Hall–Kier alpha value is -1.42. The van der Waals surface area contributed by atoms with Gasteiger partial charge in [0, 0.05) is 6.04 Å². The summed E-state index contributed by atoms with van der Waals surface area (Å²) < 4.78 is 13.1. The standard InChI is InChI=1S/C14H14ClFN2/c15-12-8-10(6-7-13(12)16)9-14(18-17)11-4-2-1-3-5-11/h1-8,14,18H,9,17H2. The lowest BCUT2D eigenvalue weighted by Gasteiger charge is -2.16. The van der Waals surface area contributed by atoms with Crippen LogP contribution in [0.4, 0.5) is 4.39 Å². The maximum absolute atomic E-state index is 13.1. The first-order valence-corrected chi connectivity index (χ1v) is 6.03. The van der Waals surface area contributed by atoms with E-state index < -0.39 is 5.82 Å². The monoisotopic (exact) mass is 264 g/mol. The summed E-state index contributed by atoms with van der Waals surface area (Å²) >= 11 is 5.76. The summed E-state index contributed by atoms with van der Waals surface area (Å²) in [6.07, 6.45) is 0.653. The van der Waals surface area contributed by atoms with Crippen molar-refractivity contribution < 1.29 is 4.39 Å². The van der Waals surface area contributed by atoms with Gasteiger partial charge >= 0.3 is 0 Å². The number of hydrogen-bond donors (Lipinski definition) is 2. The largest absolute Gasteiger partial charge is 0.271 e. The fourth-order valence-corrected chi connectivity index (χ4v) is 2.06. The van der Waals surface area contributed by atoms with E-state index in [0.29, 0.717) is 6.42 Å². The third-order valence-corrected chi connectivity index (χ3v) is 3.12. The molecule has 2 aromatic rings. The zero-order valence-corrected chi connectivity index (χ0v) is 10.5. The van der Waals surface area contributed by atoms with Crippen molar-refractivity contribution in [2.75, 3.05) is 0 Å². The molecule has 18 heavy (non-hydrogen) atoms. The predicted molar refractivity (Wildman–Crippen MR) is 71.6 cm³/mol. The van der Waals surface area contributed by atoms with Crippen LogP contribution in [0.5, 0.6) is 0 Å². The second-order valence-corrected chi connectivity index (χ2v) is 4.49. The molecule has 0 aliphatic carbocycles. The van der Waals surface area contributed by atoms with Gasteiger partial charge in [-0.3, -0.25) is 11.3 Å². The Bertz CT molecular complexity index is 516. The third kappa shape index (κ3) is 3.07. The molecule has 0 heterocycles. The molecule has 1 atom stereocenters. The zero-order chi connectivity index (χ0) is 13.0. The van der Waals surface area contributed by atoms with Gasteiger partial charge in [-0.15, -0.1) is 0 Å². The molecule has 2 nitrogen and oxygen atoms in total. The van der Waals surface area contributed by atoms with Crippen molar-refractivity contribution in [3.8, 4) is 0 Å². The first kappa shape index (κ1) is 13.0. The van der Waals surface area contributed by atoms with Crippen LogP contribution in [0.15, 0.2) is 48.5 Å². The minimum absolute atomic E-state index is 0.0206. The van der Waals surface area contributed by atoms with Crippen molar-refractivity contribution in [1.29, 1.82) is 0 Å². The van der Waals surface area contributed by atoms with Crippen LogP contribution in [-0.2, 0) is 6.42 Å². The van der Waals surface area contributed by atoms with Gasteiger partial charge in [-0.25, -0.2) is 4.39 Å². The van der Waals surface area contributed by atoms with Crippen LogP contribution < -0.4 is 11.3 Å². The summed E-state index contributed by atoms with van der Waals surface area (Å²) in [6.45, 7) is 0. The minimum Gasteiger partial charge on any atom is -0.271 e. The summed E-state index contributed by atoms with van der Waals surface area (Å²) in [5.74, 6) is 5.16. The van der Waals surface area contributed by atoms with Crippen molar-refractivity contribution in [2.24, 2.45) is 5.84 Å². The van der Waals surface area contributed by atoms with Crippen LogP contribution in [0.1, 0.15) is 17.2 Å². The Morgan fingerprint density at radius 2 is 1.89 bits per heavy atom. The topological polar surface area (TPSA) is 38.0 Å². The van der Waals surface area contributed by atoms with Gasteiger partial charge in [-0.05, 0) is 29.7 Å². The molecule has 0 bridgehead atoms. The van der Waals surface area contributed by atoms with E-state index in [2.05, 4.69) is 5.43 Å². The normalized spacial score (nSPS) is 12.4. The molecule has 0 saturated carbocycles. The van der Waals surface area contributed by atoms with Crippen LogP contribution in [0.2, 0.25) is 5.02 Å². The van der Waals surface area contributed by atoms with E-state index in [1.807, 2.05) is 30.3 Å². The van der Waals surface area contributed by atoms with E-state index in [9.17, 15) is 4.39 Å². The van der Waals surface area contributed by atoms with E-state index in [-0.39, 0.29) is 11.1 Å². The van der Waals surface area contributed by atoms with Gasteiger partial charge in [0.2, 0.25) is 0 Å². The van der Waals surface area contributed by atoms with Crippen molar-refractivity contribution in [2.45, 2.75) is 12.5 Å². The van der Waals surface area contributed by atoms with Gasteiger partial charge in [0.05, 0.1) is 5.02 Å². The highest BCUT2D eigenvalue weighted by molar-refractivity contribution is 6.30. The first-order chi connectivity index (χ1) is 8.70. The van der Waals surface area contributed by atoms with E-state index in [4.69, 9.17) is 17.4 Å². The maximum atomic E-state index is 13.1. The molecular formula is C14H14ClFN2. The Labute approximate surface area is 111 Å². The molecule has 0 aromatic heterocycles. The van der Waals surface area contributed by atoms with Gasteiger partial charge < -0.3 is 0 Å². The van der Waals surface area contributed by atoms with Crippen LogP contribution in [-0.4, -0.2) is 0 Å². The summed E-state index contributed by atoms with van der Waals surface area (Å²) in [5.41, 5.74) is 4.79. The molecule has 0 radical (unpaired) electrons. The molecule has 0 saturated heterocycles. The average Bonchev–Trinajstić information content (AvgIpc) is 2.41. The molecule has 0 spiro atoms. The van der Waals surface area contributed by atoms with E-state index in [0.717, 1.165) is 11.1 Å². The van der Waals surface area contributed by atoms with Gasteiger partial charge in [-0.1, -0.05) is 48.0 Å². The number of halogens is 2. The number of benzene rings is 2. The van der Waals surface area contributed by atoms with E-state index in [1.54, 1.807) is 12.1 Å². The molecule has 2 aromatic carbocycles. The van der Waals surface area contributed by atoms with E-state index >= 15 is 0 Å². The lowest BCUT2D eigenvalue weighted by Crippen LogP contribution is -2.29. The molecule has 1 unspecified atom stereocenters. The van der Waals surface area contributed by atoms with Gasteiger partial charge in [0.25, 0.3) is 0 Å². The second kappa shape index (κ2) is 5.96. The molecule has 0 aliphatic heterocycles. The van der Waals surface area contributed by atoms with Crippen LogP contribution in [0.25, 0.3) is 0 Å². The SMILES string of the molecule is NNC(Cc1ccc(F)c(Cl)c1)c1ccccc1.